The molecule has 0 spiro atoms. The molecule has 2 amide bonds. The molecular weight excluding hydrogens is 348 g/mol. The number of hydrogen-bond acceptors (Lipinski definition) is 5. The van der Waals surface area contributed by atoms with E-state index in [-0.39, 0.29) is 38.1 Å². The van der Waals surface area contributed by atoms with Gasteiger partial charge in [-0.3, -0.25) is 14.4 Å². The molecule has 1 aromatic rings. The van der Waals surface area contributed by atoms with Crippen molar-refractivity contribution >= 4 is 29.4 Å². The predicted octanol–water partition coefficient (Wildman–Crippen LogP) is 1.49. The van der Waals surface area contributed by atoms with E-state index in [2.05, 4.69) is 10.1 Å². The quantitative estimate of drug-likeness (QED) is 0.666. The van der Waals surface area contributed by atoms with E-state index < -0.39 is 11.9 Å². The van der Waals surface area contributed by atoms with E-state index in [9.17, 15) is 14.4 Å². The smallest absolute Gasteiger partial charge is 0.310 e. The summed E-state index contributed by atoms with van der Waals surface area (Å²) >= 11 is 5.80. The van der Waals surface area contributed by atoms with Crippen LogP contribution in [0.5, 0.6) is 5.75 Å². The van der Waals surface area contributed by atoms with Gasteiger partial charge in [-0.15, -0.1) is 0 Å². The van der Waals surface area contributed by atoms with E-state index >= 15 is 0 Å². The third-order valence-electron chi connectivity index (χ3n) is 3.38. The fourth-order valence-corrected chi connectivity index (χ4v) is 2.18. The van der Waals surface area contributed by atoms with Crippen LogP contribution in [0.15, 0.2) is 24.3 Å². The predicted molar refractivity (Wildman–Crippen MR) is 93.4 cm³/mol. The van der Waals surface area contributed by atoms with E-state index in [0.717, 1.165) is 0 Å². The van der Waals surface area contributed by atoms with Crippen LogP contribution in [0.2, 0.25) is 5.02 Å². The van der Waals surface area contributed by atoms with E-state index in [1.54, 1.807) is 31.2 Å². The van der Waals surface area contributed by atoms with Crippen LogP contribution in [0.25, 0.3) is 0 Å². The fourth-order valence-electron chi connectivity index (χ4n) is 2.06. The lowest BCUT2D eigenvalue weighted by atomic mass is 10.1. The minimum atomic E-state index is -0.484. The molecule has 0 aliphatic heterocycles. The Morgan fingerprint density at radius 1 is 1.24 bits per heavy atom. The highest BCUT2D eigenvalue weighted by molar-refractivity contribution is 6.30. The van der Waals surface area contributed by atoms with Crippen molar-refractivity contribution in [2.75, 3.05) is 33.4 Å². The lowest BCUT2D eigenvalue weighted by Gasteiger charge is -2.25. The molecule has 0 aliphatic rings. The van der Waals surface area contributed by atoms with E-state index in [1.165, 1.54) is 18.9 Å². The first-order chi connectivity index (χ1) is 11.8. The van der Waals surface area contributed by atoms with Crippen LogP contribution >= 0.6 is 11.6 Å². The normalized spacial score (nSPS) is 11.4. The molecule has 7 nitrogen and oxygen atoms in total. The zero-order valence-corrected chi connectivity index (χ0v) is 15.3. The molecule has 1 aromatic carbocycles. The number of esters is 1. The van der Waals surface area contributed by atoms with Crippen molar-refractivity contribution in [3.8, 4) is 5.75 Å². The molecule has 0 bridgehead atoms. The molecule has 0 saturated carbocycles. The van der Waals surface area contributed by atoms with Crippen LogP contribution in [0.1, 0.15) is 13.8 Å². The Labute approximate surface area is 152 Å². The van der Waals surface area contributed by atoms with Crippen LogP contribution in [-0.4, -0.2) is 56.0 Å². The summed E-state index contributed by atoms with van der Waals surface area (Å²) in [6.07, 6.45) is 0. The molecule has 0 saturated heterocycles. The van der Waals surface area contributed by atoms with Crippen molar-refractivity contribution in [3.63, 3.8) is 0 Å². The molecule has 0 aromatic heterocycles. The maximum absolute atomic E-state index is 12.4. The zero-order valence-electron chi connectivity index (χ0n) is 14.6. The van der Waals surface area contributed by atoms with Gasteiger partial charge in [0.25, 0.3) is 5.91 Å². The Kier molecular flexibility index (Phi) is 8.77. The monoisotopic (exact) mass is 370 g/mol. The molecule has 0 fully saturated rings. The standard InChI is InChI=1S/C17H23ClN2O5/c1-12(17(23)24-3)10-20(9-8-19-13(2)21)16(22)11-25-15-6-4-14(18)5-7-15/h4-7,12H,8-11H2,1-3H3,(H,19,21). The van der Waals surface area contributed by atoms with Crippen molar-refractivity contribution in [1.82, 2.24) is 10.2 Å². The molecule has 1 N–H and O–H groups in total. The third kappa shape index (κ3) is 7.89. The maximum atomic E-state index is 12.4. The van der Waals surface area contributed by atoms with Gasteiger partial charge in [-0.2, -0.15) is 0 Å². The number of nitrogens with zero attached hydrogens (tertiary/aromatic N) is 1. The van der Waals surface area contributed by atoms with Gasteiger partial charge in [0, 0.05) is 31.6 Å². The van der Waals surface area contributed by atoms with Crippen LogP contribution < -0.4 is 10.1 Å². The summed E-state index contributed by atoms with van der Waals surface area (Å²) in [7, 11) is 1.30. The summed E-state index contributed by atoms with van der Waals surface area (Å²) in [4.78, 5) is 36.5. The number of carbonyl (C=O) groups is 3. The molecule has 0 aliphatic carbocycles. The summed E-state index contributed by atoms with van der Waals surface area (Å²) in [5, 5.41) is 3.19. The SMILES string of the molecule is COC(=O)C(C)CN(CCNC(C)=O)C(=O)COc1ccc(Cl)cc1. The van der Waals surface area contributed by atoms with Crippen molar-refractivity contribution < 1.29 is 23.9 Å². The Bertz CT molecular complexity index is 591. The van der Waals surface area contributed by atoms with Crippen molar-refractivity contribution in [3.05, 3.63) is 29.3 Å². The molecule has 0 radical (unpaired) electrons. The first-order valence-electron chi connectivity index (χ1n) is 7.82. The number of halogens is 1. The number of rotatable bonds is 9. The van der Waals surface area contributed by atoms with Gasteiger partial charge in [-0.05, 0) is 24.3 Å². The number of nitrogens with one attached hydrogen (secondary N) is 1. The largest absolute Gasteiger partial charge is 0.484 e. The zero-order chi connectivity index (χ0) is 18.8. The lowest BCUT2D eigenvalue weighted by molar-refractivity contribution is -0.146. The lowest BCUT2D eigenvalue weighted by Crippen LogP contribution is -2.43. The Morgan fingerprint density at radius 3 is 2.44 bits per heavy atom. The average molecular weight is 371 g/mol. The van der Waals surface area contributed by atoms with Gasteiger partial charge >= 0.3 is 5.97 Å². The van der Waals surface area contributed by atoms with Crippen molar-refractivity contribution in [2.24, 2.45) is 5.92 Å². The second-order valence-corrected chi connectivity index (χ2v) is 5.93. The van der Waals surface area contributed by atoms with Gasteiger partial charge < -0.3 is 19.7 Å². The third-order valence-corrected chi connectivity index (χ3v) is 3.63. The molecule has 8 heteroatoms. The molecule has 138 valence electrons. The first-order valence-corrected chi connectivity index (χ1v) is 8.19. The molecule has 25 heavy (non-hydrogen) atoms. The van der Waals surface area contributed by atoms with E-state index in [4.69, 9.17) is 16.3 Å². The number of methoxy groups -OCH3 is 1. The second-order valence-electron chi connectivity index (χ2n) is 5.49. The summed E-state index contributed by atoms with van der Waals surface area (Å²) in [5.74, 6) is -0.861. The number of carbonyl (C=O) groups excluding carboxylic acids is 3. The van der Waals surface area contributed by atoms with E-state index in [1.807, 2.05) is 0 Å². The van der Waals surface area contributed by atoms with Crippen molar-refractivity contribution in [1.29, 1.82) is 0 Å². The average Bonchev–Trinajstić information content (AvgIpc) is 2.58. The van der Waals surface area contributed by atoms with Gasteiger partial charge in [0.1, 0.15) is 5.75 Å². The Morgan fingerprint density at radius 2 is 1.88 bits per heavy atom. The highest BCUT2D eigenvalue weighted by atomic mass is 35.5. The minimum absolute atomic E-state index is 0.176. The molecule has 1 atom stereocenters. The Hall–Kier alpha value is -2.28. The number of hydrogen-bond donors (Lipinski definition) is 1. The highest BCUT2D eigenvalue weighted by Crippen LogP contribution is 2.15. The maximum Gasteiger partial charge on any atom is 0.310 e. The summed E-state index contributed by atoms with van der Waals surface area (Å²) in [5.41, 5.74) is 0. The second kappa shape index (κ2) is 10.6. The molecule has 1 rings (SSSR count). The Balaban J connectivity index is 2.64. The summed E-state index contributed by atoms with van der Waals surface area (Å²) in [6, 6.07) is 6.65. The number of benzene rings is 1. The van der Waals surface area contributed by atoms with Crippen LogP contribution in [0.4, 0.5) is 0 Å². The van der Waals surface area contributed by atoms with Crippen molar-refractivity contribution in [2.45, 2.75) is 13.8 Å². The molecular formula is C17H23ClN2O5. The van der Waals surface area contributed by atoms with E-state index in [0.29, 0.717) is 10.8 Å². The van der Waals surface area contributed by atoms with Crippen LogP contribution in [0.3, 0.4) is 0 Å². The first kappa shape index (κ1) is 20.8. The number of ether oxygens (including phenoxy) is 2. The van der Waals surface area contributed by atoms with Gasteiger partial charge in [0.15, 0.2) is 6.61 Å². The minimum Gasteiger partial charge on any atom is -0.484 e. The van der Waals surface area contributed by atoms with Gasteiger partial charge in [0.2, 0.25) is 5.91 Å². The van der Waals surface area contributed by atoms with Crippen LogP contribution in [-0.2, 0) is 19.1 Å². The molecule has 1 unspecified atom stereocenters. The topological polar surface area (TPSA) is 84.9 Å². The van der Waals surface area contributed by atoms with Gasteiger partial charge in [-0.1, -0.05) is 18.5 Å². The summed E-state index contributed by atoms with van der Waals surface area (Å²) in [6.45, 7) is 3.61. The van der Waals surface area contributed by atoms with Gasteiger partial charge in [0.05, 0.1) is 13.0 Å². The van der Waals surface area contributed by atoms with Crippen LogP contribution in [0, 0.1) is 5.92 Å². The highest BCUT2D eigenvalue weighted by Gasteiger charge is 2.21. The molecule has 0 heterocycles. The summed E-state index contributed by atoms with van der Waals surface area (Å²) < 4.78 is 10.1. The fraction of sp³-hybridized carbons (Fsp3) is 0.471. The van der Waals surface area contributed by atoms with Gasteiger partial charge in [-0.25, -0.2) is 0 Å². The number of amides is 2.